The molecule has 0 N–H and O–H groups in total. The normalized spacial score (nSPS) is 14.9. The molecule has 30 heavy (non-hydrogen) atoms. The van der Waals surface area contributed by atoms with Crippen LogP contribution < -0.4 is 4.74 Å². The van der Waals surface area contributed by atoms with Crippen LogP contribution in [0.4, 0.5) is 4.79 Å². The predicted molar refractivity (Wildman–Crippen MR) is 106 cm³/mol. The van der Waals surface area contributed by atoms with Gasteiger partial charge in [0.05, 0.1) is 25.7 Å². The number of ether oxygens (including phenoxy) is 3. The third-order valence-electron chi connectivity index (χ3n) is 4.01. The Balaban J connectivity index is 1.76. The van der Waals surface area contributed by atoms with Crippen molar-refractivity contribution in [2.24, 2.45) is 0 Å². The van der Waals surface area contributed by atoms with Crippen LogP contribution in [0.1, 0.15) is 21.9 Å². The second-order valence-corrected chi connectivity index (χ2v) is 6.92. The van der Waals surface area contributed by atoms with Crippen LogP contribution in [0.2, 0.25) is 0 Å². The zero-order valence-corrected chi connectivity index (χ0v) is 16.9. The monoisotopic (exact) mass is 431 g/mol. The fraction of sp³-hybridized carbons (Fsp3) is 0.200. The Hall–Kier alpha value is -3.53. The van der Waals surface area contributed by atoms with E-state index < -0.39 is 23.1 Å². The van der Waals surface area contributed by atoms with Crippen LogP contribution in [0.5, 0.6) is 5.75 Å². The van der Waals surface area contributed by atoms with Crippen molar-refractivity contribution < 1.29 is 37.8 Å². The molecule has 0 unspecified atom stereocenters. The molecular weight excluding hydrogens is 414 g/mol. The summed E-state index contributed by atoms with van der Waals surface area (Å²) in [7, 11) is 2.47. The van der Waals surface area contributed by atoms with Gasteiger partial charge in [-0.15, -0.1) is 0 Å². The highest BCUT2D eigenvalue weighted by Gasteiger charge is 2.36. The Morgan fingerprint density at radius 2 is 1.87 bits per heavy atom. The topological polar surface area (TPSA) is 112 Å². The highest BCUT2D eigenvalue weighted by atomic mass is 32.2. The highest BCUT2D eigenvalue weighted by molar-refractivity contribution is 8.18. The van der Waals surface area contributed by atoms with Gasteiger partial charge < -0.3 is 18.6 Å². The second kappa shape index (κ2) is 9.31. The minimum Gasteiger partial charge on any atom is -0.481 e. The van der Waals surface area contributed by atoms with Crippen molar-refractivity contribution in [1.82, 2.24) is 4.90 Å². The maximum absolute atomic E-state index is 12.7. The van der Waals surface area contributed by atoms with E-state index in [1.807, 2.05) is 0 Å². The summed E-state index contributed by atoms with van der Waals surface area (Å²) in [5, 5.41) is -0.477. The number of carbonyl (C=O) groups excluding carboxylic acids is 4. The van der Waals surface area contributed by atoms with Gasteiger partial charge in [-0.1, -0.05) is 18.2 Å². The smallest absolute Gasteiger partial charge is 0.373 e. The Labute approximate surface area is 175 Å². The summed E-state index contributed by atoms with van der Waals surface area (Å²) in [6.45, 7) is -0.413. The molecular formula is C20H17NO8S. The van der Waals surface area contributed by atoms with Gasteiger partial charge in [0.15, 0.2) is 6.61 Å². The summed E-state index contributed by atoms with van der Waals surface area (Å²) in [5.41, 5.74) is 0.526. The van der Waals surface area contributed by atoms with E-state index in [0.29, 0.717) is 11.3 Å². The molecule has 2 aromatic rings. The van der Waals surface area contributed by atoms with Crippen LogP contribution in [-0.2, 0) is 25.6 Å². The van der Waals surface area contributed by atoms with Crippen molar-refractivity contribution in [3.05, 3.63) is 58.4 Å². The zero-order chi connectivity index (χ0) is 21.7. The lowest BCUT2D eigenvalue weighted by molar-refractivity contribution is -0.142. The summed E-state index contributed by atoms with van der Waals surface area (Å²) in [6.07, 6.45) is 1.51. The first-order chi connectivity index (χ1) is 14.4. The maximum atomic E-state index is 12.7. The summed E-state index contributed by atoms with van der Waals surface area (Å²) >= 11 is 0.769. The lowest BCUT2D eigenvalue weighted by atomic mass is 10.2. The van der Waals surface area contributed by atoms with Crippen LogP contribution >= 0.6 is 11.8 Å². The van der Waals surface area contributed by atoms with Crippen molar-refractivity contribution in [1.29, 1.82) is 0 Å². The average Bonchev–Trinajstić information content (AvgIpc) is 3.32. The molecule has 1 aliphatic heterocycles. The standard InChI is InChI=1S/C20H17NO8S/c1-26-17(22)11-28-14-6-4-3-5-12(14)9-16-18(23)21(20(25)30-16)10-13-7-8-15(29-13)19(24)27-2/h3-9H,10-11H2,1-2H3. The maximum Gasteiger partial charge on any atom is 0.373 e. The van der Waals surface area contributed by atoms with E-state index in [1.54, 1.807) is 24.3 Å². The molecule has 10 heteroatoms. The number of rotatable bonds is 7. The molecule has 1 aromatic carbocycles. The van der Waals surface area contributed by atoms with Gasteiger partial charge in [0.2, 0.25) is 5.76 Å². The number of amides is 2. The van der Waals surface area contributed by atoms with Crippen molar-refractivity contribution in [3.8, 4) is 5.75 Å². The number of para-hydroxylation sites is 1. The number of esters is 2. The van der Waals surface area contributed by atoms with Crippen molar-refractivity contribution >= 4 is 40.9 Å². The number of thioether (sulfide) groups is 1. The van der Waals surface area contributed by atoms with Crippen LogP contribution in [0.25, 0.3) is 6.08 Å². The number of benzene rings is 1. The summed E-state index contributed by atoms with van der Waals surface area (Å²) in [6, 6.07) is 9.68. The van der Waals surface area contributed by atoms with E-state index in [1.165, 1.54) is 32.4 Å². The van der Waals surface area contributed by atoms with Crippen molar-refractivity contribution in [3.63, 3.8) is 0 Å². The number of carbonyl (C=O) groups is 4. The zero-order valence-electron chi connectivity index (χ0n) is 16.1. The Kier molecular flexibility index (Phi) is 6.58. The lowest BCUT2D eigenvalue weighted by Crippen LogP contribution is -2.27. The van der Waals surface area contributed by atoms with E-state index in [-0.39, 0.29) is 29.6 Å². The third kappa shape index (κ3) is 4.71. The quantitative estimate of drug-likeness (QED) is 0.482. The number of imide groups is 1. The molecule has 1 fully saturated rings. The minimum atomic E-state index is -0.654. The first-order valence-corrected chi connectivity index (χ1v) is 9.45. The largest absolute Gasteiger partial charge is 0.481 e. The van der Waals surface area contributed by atoms with Crippen molar-refractivity contribution in [2.75, 3.05) is 20.8 Å². The molecule has 0 spiro atoms. The van der Waals surface area contributed by atoms with Crippen LogP contribution in [0, 0.1) is 0 Å². The first-order valence-electron chi connectivity index (χ1n) is 8.64. The number of hydrogen-bond acceptors (Lipinski definition) is 9. The van der Waals surface area contributed by atoms with Gasteiger partial charge in [0, 0.05) is 5.56 Å². The van der Waals surface area contributed by atoms with Gasteiger partial charge in [-0.2, -0.15) is 0 Å². The van der Waals surface area contributed by atoms with E-state index in [9.17, 15) is 19.2 Å². The molecule has 2 amide bonds. The van der Waals surface area contributed by atoms with Gasteiger partial charge in [-0.3, -0.25) is 14.5 Å². The van der Waals surface area contributed by atoms with Crippen LogP contribution in [0.15, 0.2) is 45.7 Å². The number of furan rings is 1. The first kappa shape index (κ1) is 21.2. The number of nitrogens with zero attached hydrogens (tertiary/aromatic N) is 1. The number of hydrogen-bond donors (Lipinski definition) is 0. The Bertz CT molecular complexity index is 1030. The van der Waals surface area contributed by atoms with E-state index >= 15 is 0 Å². The molecule has 9 nitrogen and oxygen atoms in total. The fourth-order valence-corrected chi connectivity index (χ4v) is 3.36. The van der Waals surface area contributed by atoms with Gasteiger partial charge in [-0.05, 0) is 36.0 Å². The van der Waals surface area contributed by atoms with Crippen LogP contribution in [-0.4, -0.2) is 48.8 Å². The summed E-state index contributed by atoms with van der Waals surface area (Å²) in [4.78, 5) is 49.0. The molecule has 0 radical (unpaired) electrons. The molecule has 3 rings (SSSR count). The van der Waals surface area contributed by atoms with E-state index in [4.69, 9.17) is 9.15 Å². The average molecular weight is 431 g/mol. The molecule has 0 saturated carbocycles. The van der Waals surface area contributed by atoms with Gasteiger partial charge >= 0.3 is 11.9 Å². The molecule has 156 valence electrons. The molecule has 0 bridgehead atoms. The fourth-order valence-electron chi connectivity index (χ4n) is 2.53. The molecule has 1 aliphatic rings. The SMILES string of the molecule is COC(=O)COc1ccccc1C=C1SC(=O)N(Cc2ccc(C(=O)OC)o2)C1=O. The summed E-state index contributed by atoms with van der Waals surface area (Å²) < 4.78 is 19.9. The third-order valence-corrected chi connectivity index (χ3v) is 4.92. The molecule has 0 aliphatic carbocycles. The van der Waals surface area contributed by atoms with E-state index in [2.05, 4.69) is 9.47 Å². The highest BCUT2D eigenvalue weighted by Crippen LogP contribution is 2.35. The molecule has 1 saturated heterocycles. The predicted octanol–water partition coefficient (Wildman–Crippen LogP) is 2.85. The molecule has 0 atom stereocenters. The van der Waals surface area contributed by atoms with Crippen LogP contribution in [0.3, 0.4) is 0 Å². The Morgan fingerprint density at radius 3 is 2.60 bits per heavy atom. The van der Waals surface area contributed by atoms with E-state index in [0.717, 1.165) is 16.7 Å². The van der Waals surface area contributed by atoms with Crippen molar-refractivity contribution in [2.45, 2.75) is 6.54 Å². The Morgan fingerprint density at radius 1 is 1.10 bits per heavy atom. The number of methoxy groups -OCH3 is 2. The summed E-state index contributed by atoms with van der Waals surface area (Å²) in [5.74, 6) is -1.10. The second-order valence-electron chi connectivity index (χ2n) is 5.93. The molecule has 1 aromatic heterocycles. The van der Waals surface area contributed by atoms with Gasteiger partial charge in [0.25, 0.3) is 11.1 Å². The minimum absolute atomic E-state index is 0.0216. The van der Waals surface area contributed by atoms with Gasteiger partial charge in [0.1, 0.15) is 11.5 Å². The molecule has 2 heterocycles. The van der Waals surface area contributed by atoms with Gasteiger partial charge in [-0.25, -0.2) is 9.59 Å². The lowest BCUT2D eigenvalue weighted by Gasteiger charge is -2.10.